The molecule has 2 unspecified atom stereocenters. The van der Waals surface area contributed by atoms with Gasteiger partial charge in [-0.25, -0.2) is 4.79 Å². The molecular weight excluding hydrogens is 282 g/mol. The Hall–Kier alpha value is -1.44. The van der Waals surface area contributed by atoms with Gasteiger partial charge in [0.2, 0.25) is 5.91 Å². The second kappa shape index (κ2) is 6.83. The second-order valence-electron chi connectivity index (χ2n) is 4.92. The zero-order chi connectivity index (χ0) is 14.5. The van der Waals surface area contributed by atoms with Crippen molar-refractivity contribution in [3.8, 4) is 0 Å². The Morgan fingerprint density at radius 2 is 2.30 bits per heavy atom. The first-order valence-electron chi connectivity index (χ1n) is 6.73. The zero-order valence-corrected chi connectivity index (χ0v) is 11.9. The Kier molecular flexibility index (Phi) is 5.11. The van der Waals surface area contributed by atoms with Crippen LogP contribution >= 0.6 is 11.8 Å². The number of piperazine rings is 1. The smallest absolute Gasteiger partial charge is 0.318 e. The van der Waals surface area contributed by atoms with Crippen LogP contribution in [-0.2, 0) is 9.59 Å². The maximum absolute atomic E-state index is 12.1. The molecule has 2 heterocycles. The van der Waals surface area contributed by atoms with Crippen LogP contribution in [0.4, 0.5) is 4.79 Å². The number of carbonyl (C=O) groups excluding carboxylic acids is 2. The van der Waals surface area contributed by atoms with E-state index in [0.29, 0.717) is 24.9 Å². The Morgan fingerprint density at radius 3 is 2.95 bits per heavy atom. The summed E-state index contributed by atoms with van der Waals surface area (Å²) in [4.78, 5) is 36.0. The highest BCUT2D eigenvalue weighted by atomic mass is 32.2. The van der Waals surface area contributed by atoms with Crippen LogP contribution in [0, 0.1) is 0 Å². The number of hydrogen-bond donors (Lipinski definition) is 3. The van der Waals surface area contributed by atoms with Crippen LogP contribution in [-0.4, -0.2) is 64.6 Å². The molecule has 0 aromatic rings. The highest BCUT2D eigenvalue weighted by molar-refractivity contribution is 8.00. The quantitative estimate of drug-likeness (QED) is 0.671. The van der Waals surface area contributed by atoms with Gasteiger partial charge in [0.15, 0.2) is 0 Å². The van der Waals surface area contributed by atoms with Crippen LogP contribution in [0.1, 0.15) is 19.3 Å². The lowest BCUT2D eigenvalue weighted by molar-refractivity contribution is -0.142. The number of hydrogen-bond acceptors (Lipinski definition) is 4. The molecule has 2 aliphatic rings. The molecule has 8 heteroatoms. The van der Waals surface area contributed by atoms with Crippen molar-refractivity contribution >= 4 is 29.7 Å². The van der Waals surface area contributed by atoms with E-state index in [1.165, 1.54) is 11.3 Å². The molecule has 2 fully saturated rings. The van der Waals surface area contributed by atoms with Crippen molar-refractivity contribution in [2.24, 2.45) is 0 Å². The topological polar surface area (TPSA) is 98.7 Å². The van der Waals surface area contributed by atoms with Gasteiger partial charge >= 0.3 is 12.0 Å². The number of carboxylic acid groups (broad SMARTS) is 1. The number of rotatable bonds is 4. The molecule has 112 valence electrons. The van der Waals surface area contributed by atoms with E-state index in [1.807, 2.05) is 11.8 Å². The van der Waals surface area contributed by atoms with E-state index in [1.54, 1.807) is 0 Å². The number of nitrogens with one attached hydrogen (secondary N) is 2. The van der Waals surface area contributed by atoms with Gasteiger partial charge in [0, 0.05) is 24.9 Å². The van der Waals surface area contributed by atoms with E-state index in [4.69, 9.17) is 5.11 Å². The lowest BCUT2D eigenvalue weighted by Gasteiger charge is -2.34. The van der Waals surface area contributed by atoms with E-state index < -0.39 is 17.9 Å². The summed E-state index contributed by atoms with van der Waals surface area (Å²) in [5.74, 6) is -0.367. The minimum absolute atomic E-state index is 0.341. The van der Waals surface area contributed by atoms with Crippen molar-refractivity contribution in [1.82, 2.24) is 15.5 Å². The van der Waals surface area contributed by atoms with Crippen molar-refractivity contribution in [1.29, 1.82) is 0 Å². The maximum Gasteiger partial charge on any atom is 0.318 e. The highest BCUT2D eigenvalue weighted by Gasteiger charge is 2.34. The predicted molar refractivity (Wildman–Crippen MR) is 74.6 cm³/mol. The molecule has 2 aliphatic heterocycles. The van der Waals surface area contributed by atoms with Crippen molar-refractivity contribution in [3.05, 3.63) is 0 Å². The molecule has 2 saturated heterocycles. The normalized spacial score (nSPS) is 26.2. The molecule has 3 amide bonds. The van der Waals surface area contributed by atoms with Gasteiger partial charge in [-0.15, -0.1) is 0 Å². The summed E-state index contributed by atoms with van der Waals surface area (Å²) in [5, 5.41) is 14.7. The van der Waals surface area contributed by atoms with Crippen molar-refractivity contribution in [2.75, 3.05) is 25.4 Å². The molecule has 20 heavy (non-hydrogen) atoms. The molecule has 0 radical (unpaired) electrons. The van der Waals surface area contributed by atoms with Gasteiger partial charge in [0.1, 0.15) is 6.04 Å². The van der Waals surface area contributed by atoms with E-state index in [0.717, 1.165) is 12.2 Å². The number of amides is 3. The van der Waals surface area contributed by atoms with Gasteiger partial charge in [0.25, 0.3) is 0 Å². The first kappa shape index (κ1) is 15.0. The fourth-order valence-corrected chi connectivity index (χ4v) is 3.64. The van der Waals surface area contributed by atoms with Crippen LogP contribution in [0.3, 0.4) is 0 Å². The van der Waals surface area contributed by atoms with Gasteiger partial charge in [-0.3, -0.25) is 9.59 Å². The fraction of sp³-hybridized carbons (Fsp3) is 0.750. The van der Waals surface area contributed by atoms with Gasteiger partial charge in [-0.2, -0.15) is 11.8 Å². The highest BCUT2D eigenvalue weighted by Crippen LogP contribution is 2.25. The third-order valence-corrected chi connectivity index (χ3v) is 4.86. The third kappa shape index (κ3) is 3.78. The summed E-state index contributed by atoms with van der Waals surface area (Å²) in [6.07, 6.45) is 1.89. The standard InChI is InChI=1S/C12H19N3O4S/c16-10(17)6-9-11(18)13-3-4-15(9)12(19)14-7-8-2-1-5-20-8/h8-9H,1-7H2,(H,13,18)(H,14,19)(H,16,17). The van der Waals surface area contributed by atoms with Gasteiger partial charge in [-0.05, 0) is 18.6 Å². The Labute approximate surface area is 121 Å². The third-order valence-electron chi connectivity index (χ3n) is 3.46. The number of nitrogens with zero attached hydrogens (tertiary/aromatic N) is 1. The summed E-state index contributed by atoms with van der Waals surface area (Å²) in [6.45, 7) is 1.27. The molecule has 0 spiro atoms. The molecule has 0 aromatic carbocycles. The second-order valence-corrected chi connectivity index (χ2v) is 6.33. The summed E-state index contributed by atoms with van der Waals surface area (Å²) in [5.41, 5.74) is 0. The van der Waals surface area contributed by atoms with E-state index >= 15 is 0 Å². The van der Waals surface area contributed by atoms with Crippen LogP contribution < -0.4 is 10.6 Å². The molecule has 2 rings (SSSR count). The lowest BCUT2D eigenvalue weighted by Crippen LogP contribution is -2.60. The first-order valence-corrected chi connectivity index (χ1v) is 7.78. The van der Waals surface area contributed by atoms with Gasteiger partial charge in [-0.1, -0.05) is 0 Å². The van der Waals surface area contributed by atoms with Crippen LogP contribution in [0.15, 0.2) is 0 Å². The Morgan fingerprint density at radius 1 is 1.50 bits per heavy atom. The summed E-state index contributed by atoms with van der Waals surface area (Å²) < 4.78 is 0. The van der Waals surface area contributed by atoms with Crippen molar-refractivity contribution in [3.63, 3.8) is 0 Å². The number of carbonyl (C=O) groups is 3. The minimum atomic E-state index is -1.09. The summed E-state index contributed by atoms with van der Waals surface area (Å²) in [6, 6.07) is -1.27. The molecule has 7 nitrogen and oxygen atoms in total. The SMILES string of the molecule is O=C(O)CC1C(=O)NCCN1C(=O)NCC1CCCS1. The molecule has 0 bridgehead atoms. The number of urea groups is 1. The van der Waals surface area contributed by atoms with Crippen LogP contribution in [0.5, 0.6) is 0 Å². The molecule has 0 aromatic heterocycles. The van der Waals surface area contributed by atoms with Crippen LogP contribution in [0.25, 0.3) is 0 Å². The summed E-state index contributed by atoms with van der Waals surface area (Å²) in [7, 11) is 0. The molecule has 0 aliphatic carbocycles. The largest absolute Gasteiger partial charge is 0.481 e. The number of aliphatic carboxylic acids is 1. The van der Waals surface area contributed by atoms with E-state index in [9.17, 15) is 14.4 Å². The molecule has 2 atom stereocenters. The lowest BCUT2D eigenvalue weighted by atomic mass is 10.1. The monoisotopic (exact) mass is 301 g/mol. The van der Waals surface area contributed by atoms with Crippen LogP contribution in [0.2, 0.25) is 0 Å². The Balaban J connectivity index is 1.90. The molecular formula is C12H19N3O4S. The predicted octanol–water partition coefficient (Wildman–Crippen LogP) is -0.133. The van der Waals surface area contributed by atoms with Gasteiger partial charge in [0.05, 0.1) is 6.42 Å². The number of thioether (sulfide) groups is 1. The van der Waals surface area contributed by atoms with E-state index in [-0.39, 0.29) is 12.5 Å². The average Bonchev–Trinajstić information content (AvgIpc) is 2.91. The maximum atomic E-state index is 12.1. The number of carboxylic acids is 1. The van der Waals surface area contributed by atoms with E-state index in [2.05, 4.69) is 10.6 Å². The molecule has 3 N–H and O–H groups in total. The Bertz CT molecular complexity index is 398. The van der Waals surface area contributed by atoms with Crippen molar-refractivity contribution < 1.29 is 19.5 Å². The average molecular weight is 301 g/mol. The van der Waals surface area contributed by atoms with Gasteiger partial charge < -0.3 is 20.6 Å². The minimum Gasteiger partial charge on any atom is -0.481 e. The molecule has 0 saturated carbocycles. The van der Waals surface area contributed by atoms with Crippen molar-refractivity contribution in [2.45, 2.75) is 30.6 Å². The fourth-order valence-electron chi connectivity index (χ4n) is 2.43. The zero-order valence-electron chi connectivity index (χ0n) is 11.1. The first-order chi connectivity index (χ1) is 9.58. The summed E-state index contributed by atoms with van der Waals surface area (Å²) >= 11 is 1.84.